The molecule has 1 aromatic carbocycles. The van der Waals surface area contributed by atoms with Gasteiger partial charge >= 0.3 is 0 Å². The van der Waals surface area contributed by atoms with Crippen LogP contribution in [-0.2, 0) is 0 Å². The van der Waals surface area contributed by atoms with Gasteiger partial charge in [0, 0.05) is 16.8 Å². The minimum Gasteiger partial charge on any atom is -0.494 e. The molecule has 0 unspecified atom stereocenters. The SMILES string of the molecule is CC(C)n1c(N)nnc1SCCCOc1ccc(Cl)cc1. The molecule has 0 radical (unpaired) electrons. The summed E-state index contributed by atoms with van der Waals surface area (Å²) in [7, 11) is 0. The second-order valence-electron chi connectivity index (χ2n) is 4.81. The Morgan fingerprint density at radius 1 is 1.29 bits per heavy atom. The van der Waals surface area contributed by atoms with Crippen molar-refractivity contribution in [2.75, 3.05) is 18.1 Å². The third-order valence-corrected chi connectivity index (χ3v) is 4.09. The number of rotatable bonds is 7. The van der Waals surface area contributed by atoms with Gasteiger partial charge in [-0.3, -0.25) is 4.57 Å². The fourth-order valence-corrected chi connectivity index (χ4v) is 2.93. The van der Waals surface area contributed by atoms with E-state index >= 15 is 0 Å². The van der Waals surface area contributed by atoms with Crippen molar-refractivity contribution in [2.45, 2.75) is 31.5 Å². The lowest BCUT2D eigenvalue weighted by atomic mass is 10.3. The Morgan fingerprint density at radius 2 is 2.00 bits per heavy atom. The number of anilines is 1. The van der Waals surface area contributed by atoms with Crippen molar-refractivity contribution in [2.24, 2.45) is 0 Å². The summed E-state index contributed by atoms with van der Waals surface area (Å²) in [6.45, 7) is 4.78. The van der Waals surface area contributed by atoms with Crippen molar-refractivity contribution >= 4 is 29.3 Å². The van der Waals surface area contributed by atoms with Crippen molar-refractivity contribution in [3.05, 3.63) is 29.3 Å². The molecule has 0 bridgehead atoms. The van der Waals surface area contributed by atoms with Crippen LogP contribution >= 0.6 is 23.4 Å². The molecule has 5 nitrogen and oxygen atoms in total. The third-order valence-electron chi connectivity index (χ3n) is 2.81. The van der Waals surface area contributed by atoms with Crippen LogP contribution in [0.5, 0.6) is 5.75 Å². The first-order chi connectivity index (χ1) is 10.1. The zero-order valence-electron chi connectivity index (χ0n) is 12.1. The predicted octanol–water partition coefficient (Wildman–Crippen LogP) is 3.66. The van der Waals surface area contributed by atoms with Gasteiger partial charge < -0.3 is 10.5 Å². The average molecular weight is 327 g/mol. The highest BCUT2D eigenvalue weighted by atomic mass is 35.5. The van der Waals surface area contributed by atoms with Gasteiger partial charge in [0.05, 0.1) is 6.61 Å². The molecule has 7 heteroatoms. The van der Waals surface area contributed by atoms with Crippen LogP contribution in [0.15, 0.2) is 29.4 Å². The zero-order valence-corrected chi connectivity index (χ0v) is 13.7. The van der Waals surface area contributed by atoms with Gasteiger partial charge in [0.25, 0.3) is 0 Å². The number of nitrogens with zero attached hydrogens (tertiary/aromatic N) is 3. The summed E-state index contributed by atoms with van der Waals surface area (Å²) >= 11 is 7.46. The molecule has 2 N–H and O–H groups in total. The number of halogens is 1. The van der Waals surface area contributed by atoms with Gasteiger partial charge in [0.1, 0.15) is 5.75 Å². The van der Waals surface area contributed by atoms with Gasteiger partial charge in [-0.25, -0.2) is 0 Å². The van der Waals surface area contributed by atoms with Crippen molar-refractivity contribution in [1.29, 1.82) is 0 Å². The topological polar surface area (TPSA) is 66.0 Å². The summed E-state index contributed by atoms with van der Waals surface area (Å²) in [6, 6.07) is 7.63. The maximum atomic E-state index is 5.82. The maximum Gasteiger partial charge on any atom is 0.222 e. The molecule has 2 rings (SSSR count). The van der Waals surface area contributed by atoms with E-state index in [-0.39, 0.29) is 6.04 Å². The lowest BCUT2D eigenvalue weighted by molar-refractivity contribution is 0.318. The molecule has 0 saturated heterocycles. The van der Waals surface area contributed by atoms with Crippen LogP contribution in [0.1, 0.15) is 26.3 Å². The molecule has 114 valence electrons. The fraction of sp³-hybridized carbons (Fsp3) is 0.429. The number of nitrogen functional groups attached to an aromatic ring is 1. The number of hydrogen-bond acceptors (Lipinski definition) is 5. The van der Waals surface area contributed by atoms with Gasteiger partial charge in [-0.15, -0.1) is 10.2 Å². The molecule has 0 aliphatic rings. The Balaban J connectivity index is 1.74. The molecule has 1 aromatic heterocycles. The van der Waals surface area contributed by atoms with Gasteiger partial charge in [-0.2, -0.15) is 0 Å². The quantitative estimate of drug-likeness (QED) is 0.621. The first-order valence-corrected chi connectivity index (χ1v) is 8.16. The van der Waals surface area contributed by atoms with Gasteiger partial charge in [0.2, 0.25) is 5.95 Å². The molecule has 1 heterocycles. The van der Waals surface area contributed by atoms with E-state index in [9.17, 15) is 0 Å². The normalized spacial score (nSPS) is 11.0. The second kappa shape index (κ2) is 7.56. The number of ether oxygens (including phenoxy) is 1. The number of aromatic nitrogens is 3. The molecular weight excluding hydrogens is 308 g/mol. The predicted molar refractivity (Wildman–Crippen MR) is 87.1 cm³/mol. The van der Waals surface area contributed by atoms with E-state index in [0.717, 1.165) is 23.1 Å². The largest absolute Gasteiger partial charge is 0.494 e. The standard InChI is InChI=1S/C14H19ClN4OS/c1-10(2)19-13(16)17-18-14(19)21-9-3-8-20-12-6-4-11(15)5-7-12/h4-7,10H,3,8-9H2,1-2H3,(H2,16,17). The fourth-order valence-electron chi connectivity index (χ4n) is 1.82. The van der Waals surface area contributed by atoms with Crippen molar-refractivity contribution in [1.82, 2.24) is 14.8 Å². The van der Waals surface area contributed by atoms with Crippen molar-refractivity contribution in [3.63, 3.8) is 0 Å². The van der Waals surface area contributed by atoms with E-state index < -0.39 is 0 Å². The summed E-state index contributed by atoms with van der Waals surface area (Å²) in [5.41, 5.74) is 5.80. The van der Waals surface area contributed by atoms with Crippen LogP contribution in [0.3, 0.4) is 0 Å². The molecule has 0 amide bonds. The van der Waals surface area contributed by atoms with E-state index in [4.69, 9.17) is 22.1 Å². The summed E-state index contributed by atoms with van der Waals surface area (Å²) < 4.78 is 7.58. The molecular formula is C14H19ClN4OS. The molecule has 0 spiro atoms. The Bertz CT molecular complexity index is 571. The van der Waals surface area contributed by atoms with Crippen LogP contribution in [0.2, 0.25) is 5.02 Å². The smallest absolute Gasteiger partial charge is 0.222 e. The van der Waals surface area contributed by atoms with Gasteiger partial charge in [-0.05, 0) is 44.5 Å². The van der Waals surface area contributed by atoms with Gasteiger partial charge in [0.15, 0.2) is 5.16 Å². The van der Waals surface area contributed by atoms with Crippen LogP contribution in [0, 0.1) is 0 Å². The minimum absolute atomic E-state index is 0.257. The zero-order chi connectivity index (χ0) is 15.2. The lowest BCUT2D eigenvalue weighted by Gasteiger charge is -2.11. The monoisotopic (exact) mass is 326 g/mol. The number of hydrogen-bond donors (Lipinski definition) is 1. The van der Waals surface area contributed by atoms with Crippen LogP contribution in [0.4, 0.5) is 5.95 Å². The lowest BCUT2D eigenvalue weighted by Crippen LogP contribution is -2.07. The highest BCUT2D eigenvalue weighted by Crippen LogP contribution is 2.23. The Morgan fingerprint density at radius 3 is 2.67 bits per heavy atom. The molecule has 0 aliphatic heterocycles. The summed E-state index contributed by atoms with van der Waals surface area (Å²) in [5, 5.41) is 9.58. The van der Waals surface area contributed by atoms with E-state index in [2.05, 4.69) is 24.0 Å². The molecule has 0 atom stereocenters. The van der Waals surface area contributed by atoms with E-state index in [0.29, 0.717) is 17.6 Å². The molecule has 0 aliphatic carbocycles. The van der Waals surface area contributed by atoms with Crippen LogP contribution in [0.25, 0.3) is 0 Å². The second-order valence-corrected chi connectivity index (χ2v) is 6.31. The average Bonchev–Trinajstić information content (AvgIpc) is 2.82. The van der Waals surface area contributed by atoms with E-state index in [1.54, 1.807) is 11.8 Å². The first-order valence-electron chi connectivity index (χ1n) is 6.79. The highest BCUT2D eigenvalue weighted by Gasteiger charge is 2.12. The molecule has 21 heavy (non-hydrogen) atoms. The molecule has 0 fully saturated rings. The number of thioether (sulfide) groups is 1. The molecule has 2 aromatic rings. The van der Waals surface area contributed by atoms with Crippen molar-refractivity contribution < 1.29 is 4.74 Å². The first kappa shape index (κ1) is 16.0. The number of nitrogens with two attached hydrogens (primary N) is 1. The Kier molecular flexibility index (Phi) is 5.76. The maximum absolute atomic E-state index is 5.82. The minimum atomic E-state index is 0.257. The Labute approximate surface area is 133 Å². The number of benzene rings is 1. The summed E-state index contributed by atoms with van der Waals surface area (Å²) in [6.07, 6.45) is 0.915. The Hall–Kier alpha value is -1.40. The van der Waals surface area contributed by atoms with E-state index in [1.807, 2.05) is 28.8 Å². The highest BCUT2D eigenvalue weighted by molar-refractivity contribution is 7.99. The third kappa shape index (κ3) is 4.54. The van der Waals surface area contributed by atoms with E-state index in [1.165, 1.54) is 0 Å². The van der Waals surface area contributed by atoms with Gasteiger partial charge in [-0.1, -0.05) is 23.4 Å². The summed E-state index contributed by atoms with van der Waals surface area (Å²) in [4.78, 5) is 0. The van der Waals surface area contributed by atoms with Crippen LogP contribution < -0.4 is 10.5 Å². The van der Waals surface area contributed by atoms with Crippen LogP contribution in [-0.4, -0.2) is 27.1 Å². The molecule has 0 saturated carbocycles. The van der Waals surface area contributed by atoms with Crippen molar-refractivity contribution in [3.8, 4) is 5.75 Å². The summed E-state index contributed by atoms with van der Waals surface area (Å²) in [5.74, 6) is 2.20.